The fourth-order valence-electron chi connectivity index (χ4n) is 3.74. The minimum atomic E-state index is -0.706. The fourth-order valence-corrected chi connectivity index (χ4v) is 4.50. The molecule has 8 heteroatoms. The summed E-state index contributed by atoms with van der Waals surface area (Å²) in [5, 5.41) is 3.24. The van der Waals surface area contributed by atoms with Crippen LogP contribution in [-0.2, 0) is 4.79 Å². The second kappa shape index (κ2) is 7.19. The summed E-state index contributed by atoms with van der Waals surface area (Å²) >= 11 is 0.988. The van der Waals surface area contributed by atoms with Gasteiger partial charge in [-0.25, -0.2) is 4.79 Å². The van der Waals surface area contributed by atoms with E-state index in [9.17, 15) is 19.2 Å². The predicted octanol–water partition coefficient (Wildman–Crippen LogP) is 2.53. The van der Waals surface area contributed by atoms with Crippen LogP contribution in [0.15, 0.2) is 39.5 Å². The molecule has 4 rings (SSSR count). The van der Waals surface area contributed by atoms with Crippen molar-refractivity contribution in [3.8, 4) is 0 Å². The third kappa shape index (κ3) is 3.37. The largest absolute Gasteiger partial charge is 0.422 e. The maximum atomic E-state index is 12.7. The summed E-state index contributed by atoms with van der Waals surface area (Å²) in [6.45, 7) is 0. The zero-order chi connectivity index (χ0) is 19.0. The molecule has 2 atom stereocenters. The monoisotopic (exact) mass is 386 g/mol. The summed E-state index contributed by atoms with van der Waals surface area (Å²) in [5.74, 6) is -0.621. The van der Waals surface area contributed by atoms with Gasteiger partial charge in [0, 0.05) is 5.39 Å². The van der Waals surface area contributed by atoms with Crippen LogP contribution in [0.1, 0.15) is 36.0 Å². The van der Waals surface area contributed by atoms with E-state index in [1.165, 1.54) is 11.0 Å². The standard InChI is InChI=1S/C19H18N2O5S/c22-16-10-27-19(25)21(16)14-7-3-2-6-13(14)20-17(23)12-9-11-5-1-4-8-15(11)26-18(12)24/h1,4-5,8-9,13-14H,2-3,6-7,10H2,(H,20,23)/t13-,14-/m1/s1. The Morgan fingerprint density at radius 2 is 1.93 bits per heavy atom. The number of hydrogen-bond donors (Lipinski definition) is 1. The van der Waals surface area contributed by atoms with E-state index in [0.29, 0.717) is 23.8 Å². The first-order valence-electron chi connectivity index (χ1n) is 8.87. The van der Waals surface area contributed by atoms with E-state index >= 15 is 0 Å². The lowest BCUT2D eigenvalue weighted by Crippen LogP contribution is -2.55. The zero-order valence-electron chi connectivity index (χ0n) is 14.5. The van der Waals surface area contributed by atoms with Crippen molar-refractivity contribution in [2.45, 2.75) is 37.8 Å². The van der Waals surface area contributed by atoms with E-state index in [2.05, 4.69) is 5.32 Å². The molecule has 2 aliphatic rings. The number of thioether (sulfide) groups is 1. The summed E-state index contributed by atoms with van der Waals surface area (Å²) < 4.78 is 5.23. The van der Waals surface area contributed by atoms with Crippen molar-refractivity contribution < 1.29 is 18.8 Å². The van der Waals surface area contributed by atoms with Gasteiger partial charge in [-0.2, -0.15) is 0 Å². The van der Waals surface area contributed by atoms with E-state index in [1.807, 2.05) is 0 Å². The number of nitrogens with one attached hydrogen (secondary N) is 1. The van der Waals surface area contributed by atoms with E-state index in [4.69, 9.17) is 4.42 Å². The number of amides is 3. The number of imide groups is 1. The SMILES string of the molecule is O=C(N[C@@H]1CCCC[C@H]1N1C(=O)CSC1=O)c1cc2ccccc2oc1=O. The van der Waals surface area contributed by atoms with Gasteiger partial charge in [0.1, 0.15) is 11.1 Å². The Bertz CT molecular complexity index is 969. The molecule has 1 aliphatic carbocycles. The van der Waals surface area contributed by atoms with Crippen LogP contribution >= 0.6 is 11.8 Å². The third-order valence-electron chi connectivity index (χ3n) is 5.05. The molecule has 2 heterocycles. The number of benzene rings is 1. The number of nitrogens with zero attached hydrogens (tertiary/aromatic N) is 1. The van der Waals surface area contributed by atoms with Gasteiger partial charge < -0.3 is 9.73 Å². The van der Waals surface area contributed by atoms with E-state index in [0.717, 1.165) is 24.6 Å². The van der Waals surface area contributed by atoms with Gasteiger partial charge in [0.05, 0.1) is 17.8 Å². The van der Waals surface area contributed by atoms with Crippen molar-refractivity contribution >= 4 is 39.8 Å². The molecule has 0 bridgehead atoms. The molecule has 1 N–H and O–H groups in total. The van der Waals surface area contributed by atoms with E-state index in [1.54, 1.807) is 24.3 Å². The number of rotatable bonds is 3. The first-order chi connectivity index (χ1) is 13.0. The van der Waals surface area contributed by atoms with Gasteiger partial charge in [0.25, 0.3) is 11.1 Å². The van der Waals surface area contributed by atoms with Crippen molar-refractivity contribution in [3.63, 3.8) is 0 Å². The lowest BCUT2D eigenvalue weighted by atomic mass is 9.89. The Hall–Kier alpha value is -2.61. The van der Waals surface area contributed by atoms with E-state index < -0.39 is 11.5 Å². The highest BCUT2D eigenvalue weighted by molar-refractivity contribution is 8.14. The molecule has 27 heavy (non-hydrogen) atoms. The number of carbonyl (C=O) groups is 3. The molecule has 3 amide bonds. The van der Waals surface area contributed by atoms with Crippen LogP contribution in [0, 0.1) is 0 Å². The Kier molecular flexibility index (Phi) is 4.73. The highest BCUT2D eigenvalue weighted by Crippen LogP contribution is 2.30. The molecule has 0 unspecified atom stereocenters. The first kappa shape index (κ1) is 17.8. The molecule has 1 aromatic heterocycles. The van der Waals surface area contributed by atoms with Gasteiger partial charge in [-0.1, -0.05) is 42.8 Å². The van der Waals surface area contributed by atoms with Crippen molar-refractivity contribution in [1.29, 1.82) is 0 Å². The molecule has 1 saturated heterocycles. The highest BCUT2D eigenvalue weighted by atomic mass is 32.2. The Labute approximate surface area is 159 Å². The van der Waals surface area contributed by atoms with Crippen LogP contribution in [0.4, 0.5) is 4.79 Å². The minimum absolute atomic E-state index is 0.0773. The smallest absolute Gasteiger partial charge is 0.349 e. The van der Waals surface area contributed by atoms with Crippen LogP contribution in [0.2, 0.25) is 0 Å². The molecule has 7 nitrogen and oxygen atoms in total. The predicted molar refractivity (Wildman–Crippen MR) is 101 cm³/mol. The summed E-state index contributed by atoms with van der Waals surface area (Å²) in [7, 11) is 0. The molecular formula is C19H18N2O5S. The number of carbonyl (C=O) groups excluding carboxylic acids is 3. The van der Waals surface area contributed by atoms with Crippen LogP contribution in [0.5, 0.6) is 0 Å². The third-order valence-corrected chi connectivity index (χ3v) is 5.88. The summed E-state index contributed by atoms with van der Waals surface area (Å²) in [6, 6.07) is 7.74. The van der Waals surface area contributed by atoms with E-state index in [-0.39, 0.29) is 34.5 Å². The Morgan fingerprint density at radius 1 is 1.15 bits per heavy atom. The molecule has 1 aromatic carbocycles. The molecule has 2 fully saturated rings. The number of fused-ring (bicyclic) bond motifs is 1. The lowest BCUT2D eigenvalue weighted by molar-refractivity contribution is -0.127. The first-order valence-corrected chi connectivity index (χ1v) is 9.86. The number of para-hydroxylation sites is 1. The molecule has 2 aromatic rings. The van der Waals surface area contributed by atoms with Gasteiger partial charge in [-0.15, -0.1) is 0 Å². The van der Waals surface area contributed by atoms with Crippen LogP contribution in [0.25, 0.3) is 11.0 Å². The molecule has 1 saturated carbocycles. The van der Waals surface area contributed by atoms with Crippen LogP contribution in [-0.4, -0.2) is 39.8 Å². The fraction of sp³-hybridized carbons (Fsp3) is 0.368. The second-order valence-corrected chi connectivity index (χ2v) is 7.66. The summed E-state index contributed by atoms with van der Waals surface area (Å²) in [6.07, 6.45) is 3.07. The number of hydrogen-bond acceptors (Lipinski definition) is 6. The highest BCUT2D eigenvalue weighted by Gasteiger charge is 2.41. The van der Waals surface area contributed by atoms with Gasteiger partial charge >= 0.3 is 5.63 Å². The van der Waals surface area contributed by atoms with Crippen LogP contribution in [0.3, 0.4) is 0 Å². The van der Waals surface area contributed by atoms with Crippen molar-refractivity contribution in [1.82, 2.24) is 10.2 Å². The molecule has 1 aliphatic heterocycles. The molecule has 0 spiro atoms. The average molecular weight is 386 g/mol. The normalized spacial score (nSPS) is 23.0. The minimum Gasteiger partial charge on any atom is -0.422 e. The summed E-state index contributed by atoms with van der Waals surface area (Å²) in [4.78, 5) is 50.4. The second-order valence-electron chi connectivity index (χ2n) is 6.74. The Balaban J connectivity index is 1.59. The van der Waals surface area contributed by atoms with Gasteiger partial charge in [-0.05, 0) is 25.0 Å². The van der Waals surface area contributed by atoms with Gasteiger partial charge in [0.15, 0.2) is 0 Å². The topological polar surface area (TPSA) is 96.7 Å². The molecule has 0 radical (unpaired) electrons. The Morgan fingerprint density at radius 3 is 2.70 bits per heavy atom. The van der Waals surface area contributed by atoms with Gasteiger partial charge in [-0.3, -0.25) is 19.3 Å². The molecular weight excluding hydrogens is 368 g/mol. The van der Waals surface area contributed by atoms with Gasteiger partial charge in [0.2, 0.25) is 5.91 Å². The summed E-state index contributed by atoms with van der Waals surface area (Å²) in [5.41, 5.74) is -0.367. The van der Waals surface area contributed by atoms with Crippen molar-refractivity contribution in [2.24, 2.45) is 0 Å². The maximum absolute atomic E-state index is 12.7. The maximum Gasteiger partial charge on any atom is 0.349 e. The molecule has 140 valence electrons. The van der Waals surface area contributed by atoms with Crippen molar-refractivity contribution in [3.05, 3.63) is 46.3 Å². The quantitative estimate of drug-likeness (QED) is 0.815. The van der Waals surface area contributed by atoms with Crippen molar-refractivity contribution in [2.75, 3.05) is 5.75 Å². The zero-order valence-corrected chi connectivity index (χ0v) is 15.3. The lowest BCUT2D eigenvalue weighted by Gasteiger charge is -2.36. The average Bonchev–Trinajstić information content (AvgIpc) is 3.00. The van der Waals surface area contributed by atoms with Crippen LogP contribution < -0.4 is 10.9 Å².